The van der Waals surface area contributed by atoms with Gasteiger partial charge in [-0.25, -0.2) is 4.98 Å². The molecule has 1 aliphatic rings. The van der Waals surface area contributed by atoms with Gasteiger partial charge in [0.1, 0.15) is 0 Å². The predicted octanol–water partition coefficient (Wildman–Crippen LogP) is 2.36. The monoisotopic (exact) mass is 298 g/mol. The lowest BCUT2D eigenvalue weighted by Gasteiger charge is -2.25. The first-order valence-corrected chi connectivity index (χ1v) is 7.79. The lowest BCUT2D eigenvalue weighted by Crippen LogP contribution is -2.31. The molecule has 0 radical (unpaired) electrons. The molecule has 3 heterocycles. The fourth-order valence-corrected chi connectivity index (χ4v) is 3.21. The van der Waals surface area contributed by atoms with Gasteiger partial charge < -0.3 is 9.47 Å². The number of rotatable bonds is 4. The minimum atomic E-state index is 0.169. The Morgan fingerprint density at radius 2 is 2.23 bits per heavy atom. The van der Waals surface area contributed by atoms with Crippen molar-refractivity contribution < 1.29 is 4.79 Å². The van der Waals surface area contributed by atoms with Crippen molar-refractivity contribution in [3.63, 3.8) is 0 Å². The maximum Gasteiger partial charge on any atom is 0.223 e. The number of carbonyl (C=O) groups is 1. The van der Waals surface area contributed by atoms with Crippen LogP contribution >= 0.6 is 0 Å². The summed E-state index contributed by atoms with van der Waals surface area (Å²) in [5, 5.41) is 0. The van der Waals surface area contributed by atoms with Gasteiger partial charge >= 0.3 is 0 Å². The topological polar surface area (TPSA) is 51.0 Å². The molecule has 2 aromatic rings. The third-order valence-corrected chi connectivity index (χ3v) is 4.41. The van der Waals surface area contributed by atoms with E-state index < -0.39 is 0 Å². The van der Waals surface area contributed by atoms with E-state index in [1.807, 2.05) is 35.0 Å². The molecule has 2 aromatic heterocycles. The van der Waals surface area contributed by atoms with E-state index in [0.29, 0.717) is 12.3 Å². The highest BCUT2D eigenvalue weighted by Gasteiger charge is 2.33. The summed E-state index contributed by atoms with van der Waals surface area (Å²) in [6.07, 6.45) is 9.54. The van der Waals surface area contributed by atoms with E-state index in [1.165, 1.54) is 0 Å². The van der Waals surface area contributed by atoms with Crippen LogP contribution in [0.5, 0.6) is 0 Å². The van der Waals surface area contributed by atoms with Crippen molar-refractivity contribution in [2.75, 3.05) is 6.54 Å². The standard InChI is InChI=1S/C17H22N4O/c1-13-8-16(14-4-3-7-18-9-14)21(11-13)17(22)6-5-15-10-19-12-20(15)2/h3-4,7,9-10,12-13,16H,5-6,8,11H2,1-2H3/t13-,16+/m0/s1. The Morgan fingerprint density at radius 3 is 2.91 bits per heavy atom. The molecular weight excluding hydrogens is 276 g/mol. The van der Waals surface area contributed by atoms with Crippen molar-refractivity contribution in [2.45, 2.75) is 32.2 Å². The summed E-state index contributed by atoms with van der Waals surface area (Å²) >= 11 is 0. The zero-order valence-electron chi connectivity index (χ0n) is 13.1. The molecule has 5 nitrogen and oxygen atoms in total. The van der Waals surface area contributed by atoms with Gasteiger partial charge in [0, 0.05) is 44.3 Å². The second-order valence-electron chi connectivity index (χ2n) is 6.19. The molecule has 0 saturated carbocycles. The highest BCUT2D eigenvalue weighted by molar-refractivity contribution is 5.77. The summed E-state index contributed by atoms with van der Waals surface area (Å²) in [5.74, 6) is 0.755. The number of hydrogen-bond acceptors (Lipinski definition) is 3. The molecule has 0 aromatic carbocycles. The number of pyridine rings is 1. The Kier molecular flexibility index (Phi) is 4.22. The van der Waals surface area contributed by atoms with E-state index in [9.17, 15) is 4.79 Å². The molecule has 1 fully saturated rings. The molecule has 1 saturated heterocycles. The van der Waals surface area contributed by atoms with Gasteiger partial charge in [0.15, 0.2) is 0 Å². The fraction of sp³-hybridized carbons (Fsp3) is 0.471. The van der Waals surface area contributed by atoms with Crippen molar-refractivity contribution in [1.82, 2.24) is 19.4 Å². The zero-order chi connectivity index (χ0) is 15.5. The van der Waals surface area contributed by atoms with Crippen LogP contribution in [0.1, 0.15) is 37.1 Å². The first-order valence-electron chi connectivity index (χ1n) is 7.79. The molecule has 1 amide bonds. The van der Waals surface area contributed by atoms with E-state index in [0.717, 1.165) is 30.6 Å². The lowest BCUT2D eigenvalue weighted by molar-refractivity contribution is -0.132. The number of imidazole rings is 1. The SMILES string of the molecule is C[C@H]1C[C@H](c2cccnc2)N(C(=O)CCc2cncn2C)C1. The second-order valence-corrected chi connectivity index (χ2v) is 6.19. The third kappa shape index (κ3) is 3.03. The zero-order valence-corrected chi connectivity index (χ0v) is 13.1. The summed E-state index contributed by atoms with van der Waals surface area (Å²) in [6, 6.07) is 4.18. The second kappa shape index (κ2) is 6.30. The molecule has 0 bridgehead atoms. The van der Waals surface area contributed by atoms with Crippen molar-refractivity contribution in [1.29, 1.82) is 0 Å². The largest absolute Gasteiger partial charge is 0.338 e. The smallest absolute Gasteiger partial charge is 0.223 e. The summed E-state index contributed by atoms with van der Waals surface area (Å²) in [5.41, 5.74) is 2.24. The quantitative estimate of drug-likeness (QED) is 0.870. The normalized spacial score (nSPS) is 21.3. The van der Waals surface area contributed by atoms with Gasteiger partial charge in [-0.15, -0.1) is 0 Å². The van der Waals surface area contributed by atoms with Crippen molar-refractivity contribution in [3.05, 3.63) is 48.3 Å². The Balaban J connectivity index is 1.69. The summed E-state index contributed by atoms with van der Waals surface area (Å²) < 4.78 is 1.97. The molecule has 0 spiro atoms. The van der Waals surface area contributed by atoms with E-state index in [-0.39, 0.29) is 11.9 Å². The number of aryl methyl sites for hydroxylation is 2. The summed E-state index contributed by atoms with van der Waals surface area (Å²) in [6.45, 7) is 3.04. The minimum Gasteiger partial charge on any atom is -0.338 e. The van der Waals surface area contributed by atoms with Gasteiger partial charge in [0.25, 0.3) is 0 Å². The van der Waals surface area contributed by atoms with Gasteiger partial charge in [-0.1, -0.05) is 13.0 Å². The summed E-state index contributed by atoms with van der Waals surface area (Å²) in [4.78, 5) is 23.0. The van der Waals surface area contributed by atoms with Crippen molar-refractivity contribution >= 4 is 5.91 Å². The number of carbonyl (C=O) groups excluding carboxylic acids is 1. The number of amides is 1. The molecule has 1 aliphatic heterocycles. The number of nitrogens with zero attached hydrogens (tertiary/aromatic N) is 4. The number of aromatic nitrogens is 3. The first-order chi connectivity index (χ1) is 10.6. The van der Waals surface area contributed by atoms with Gasteiger partial charge in [-0.3, -0.25) is 9.78 Å². The van der Waals surface area contributed by atoms with Gasteiger partial charge in [-0.2, -0.15) is 0 Å². The van der Waals surface area contributed by atoms with E-state index in [2.05, 4.69) is 23.0 Å². The average molecular weight is 298 g/mol. The Morgan fingerprint density at radius 1 is 1.36 bits per heavy atom. The van der Waals surface area contributed by atoms with Crippen LogP contribution in [-0.4, -0.2) is 31.9 Å². The molecule has 3 rings (SSSR count). The maximum atomic E-state index is 12.7. The van der Waals surface area contributed by atoms with Crippen molar-refractivity contribution in [2.24, 2.45) is 13.0 Å². The van der Waals surface area contributed by atoms with Crippen LogP contribution in [0.25, 0.3) is 0 Å². The van der Waals surface area contributed by atoms with Crippen LogP contribution in [0.3, 0.4) is 0 Å². The molecular formula is C17H22N4O. The van der Waals surface area contributed by atoms with Crippen LogP contribution in [0.15, 0.2) is 37.1 Å². The minimum absolute atomic E-state index is 0.169. The van der Waals surface area contributed by atoms with Gasteiger partial charge in [0.05, 0.1) is 12.4 Å². The van der Waals surface area contributed by atoms with Crippen LogP contribution in [-0.2, 0) is 18.3 Å². The molecule has 116 valence electrons. The van der Waals surface area contributed by atoms with Crippen LogP contribution < -0.4 is 0 Å². The van der Waals surface area contributed by atoms with Crippen LogP contribution in [0, 0.1) is 5.92 Å². The third-order valence-electron chi connectivity index (χ3n) is 4.41. The number of hydrogen-bond donors (Lipinski definition) is 0. The lowest BCUT2D eigenvalue weighted by atomic mass is 10.0. The Bertz CT molecular complexity index is 637. The Labute approximate surface area is 131 Å². The maximum absolute atomic E-state index is 12.7. The highest BCUT2D eigenvalue weighted by Crippen LogP contribution is 2.35. The highest BCUT2D eigenvalue weighted by atomic mass is 16.2. The fourth-order valence-electron chi connectivity index (χ4n) is 3.21. The molecule has 0 aliphatic carbocycles. The van der Waals surface area contributed by atoms with Crippen LogP contribution in [0.4, 0.5) is 0 Å². The predicted molar refractivity (Wildman–Crippen MR) is 84.0 cm³/mol. The summed E-state index contributed by atoms with van der Waals surface area (Å²) in [7, 11) is 1.96. The molecule has 0 N–H and O–H groups in total. The van der Waals surface area contributed by atoms with Crippen LogP contribution in [0.2, 0.25) is 0 Å². The van der Waals surface area contributed by atoms with E-state index >= 15 is 0 Å². The average Bonchev–Trinajstić information content (AvgIpc) is 3.11. The van der Waals surface area contributed by atoms with Crippen molar-refractivity contribution in [3.8, 4) is 0 Å². The molecule has 2 atom stereocenters. The van der Waals surface area contributed by atoms with E-state index in [1.54, 1.807) is 12.5 Å². The Hall–Kier alpha value is -2.17. The molecule has 0 unspecified atom stereocenters. The van der Waals surface area contributed by atoms with E-state index in [4.69, 9.17) is 0 Å². The van der Waals surface area contributed by atoms with Gasteiger partial charge in [0.2, 0.25) is 5.91 Å². The molecule has 5 heteroatoms. The number of likely N-dealkylation sites (tertiary alicyclic amines) is 1. The first kappa shape index (κ1) is 14.8. The molecule has 22 heavy (non-hydrogen) atoms. The van der Waals surface area contributed by atoms with Gasteiger partial charge in [-0.05, 0) is 30.4 Å².